The fourth-order valence-corrected chi connectivity index (χ4v) is 1.29. The molecule has 15 heavy (non-hydrogen) atoms. The van der Waals surface area contributed by atoms with Crippen LogP contribution in [0.5, 0.6) is 0 Å². The number of hydrogen-bond acceptors (Lipinski definition) is 4. The smallest absolute Gasteiger partial charge is 0.341 e. The van der Waals surface area contributed by atoms with Crippen LogP contribution in [0.1, 0.15) is 48.6 Å². The van der Waals surface area contributed by atoms with Gasteiger partial charge in [0.05, 0.1) is 17.9 Å². The third kappa shape index (κ3) is 2.75. The normalized spacial score (nSPS) is 10.5. The van der Waals surface area contributed by atoms with E-state index in [-0.39, 0.29) is 11.9 Å². The lowest BCUT2D eigenvalue weighted by atomic mass is 10.1. The molecule has 0 amide bonds. The fourth-order valence-electron chi connectivity index (χ4n) is 1.29. The molecule has 1 aromatic heterocycles. The minimum Gasteiger partial charge on any atom is -0.462 e. The summed E-state index contributed by atoms with van der Waals surface area (Å²) >= 11 is 0. The van der Waals surface area contributed by atoms with Crippen molar-refractivity contribution in [2.75, 3.05) is 6.61 Å². The number of nitrogens with zero attached hydrogens (tertiary/aromatic N) is 2. The Labute approximate surface area is 89.7 Å². The molecule has 4 nitrogen and oxygen atoms in total. The van der Waals surface area contributed by atoms with E-state index in [2.05, 4.69) is 9.97 Å². The molecule has 0 saturated carbocycles. The molecule has 1 heterocycles. The van der Waals surface area contributed by atoms with Crippen LogP contribution in [0.15, 0.2) is 6.20 Å². The van der Waals surface area contributed by atoms with E-state index in [4.69, 9.17) is 4.74 Å². The summed E-state index contributed by atoms with van der Waals surface area (Å²) in [5.74, 6) is 0.513. The van der Waals surface area contributed by atoms with Gasteiger partial charge >= 0.3 is 5.97 Å². The maximum Gasteiger partial charge on any atom is 0.341 e. The summed E-state index contributed by atoms with van der Waals surface area (Å²) < 4.78 is 4.94. The van der Waals surface area contributed by atoms with E-state index in [0.29, 0.717) is 18.0 Å². The van der Waals surface area contributed by atoms with Crippen LogP contribution in [-0.4, -0.2) is 22.5 Å². The van der Waals surface area contributed by atoms with E-state index >= 15 is 0 Å². The zero-order valence-corrected chi connectivity index (χ0v) is 9.57. The van der Waals surface area contributed by atoms with E-state index in [1.54, 1.807) is 13.8 Å². The Morgan fingerprint density at radius 2 is 2.20 bits per heavy atom. The first kappa shape index (κ1) is 11.6. The molecule has 82 valence electrons. The summed E-state index contributed by atoms with van der Waals surface area (Å²) in [5.41, 5.74) is 1.22. The number of ether oxygens (including phenoxy) is 1. The molecule has 0 fully saturated rings. The standard InChI is InChI=1S/C11H16N2O2/c1-5-15-11(14)9-6-12-8(4)13-10(9)7(2)3/h6-7H,5H2,1-4H3. The SMILES string of the molecule is CCOC(=O)c1cnc(C)nc1C(C)C. The molecule has 0 aliphatic heterocycles. The lowest BCUT2D eigenvalue weighted by Crippen LogP contribution is -2.12. The van der Waals surface area contributed by atoms with Crippen molar-refractivity contribution in [2.45, 2.75) is 33.6 Å². The van der Waals surface area contributed by atoms with Gasteiger partial charge in [-0.15, -0.1) is 0 Å². The molecule has 0 saturated heterocycles. The highest BCUT2D eigenvalue weighted by Crippen LogP contribution is 2.17. The Morgan fingerprint density at radius 3 is 2.73 bits per heavy atom. The topological polar surface area (TPSA) is 52.1 Å². The van der Waals surface area contributed by atoms with Gasteiger partial charge < -0.3 is 4.74 Å². The van der Waals surface area contributed by atoms with Gasteiger partial charge in [-0.2, -0.15) is 0 Å². The van der Waals surface area contributed by atoms with Crippen LogP contribution in [0.3, 0.4) is 0 Å². The second-order valence-electron chi connectivity index (χ2n) is 3.59. The molecule has 0 aliphatic rings. The molecule has 0 atom stereocenters. The Balaban J connectivity index is 3.11. The van der Waals surface area contributed by atoms with Crippen molar-refractivity contribution in [1.82, 2.24) is 9.97 Å². The Bertz CT molecular complexity index is 362. The van der Waals surface area contributed by atoms with Crippen molar-refractivity contribution in [3.05, 3.63) is 23.3 Å². The fraction of sp³-hybridized carbons (Fsp3) is 0.545. The van der Waals surface area contributed by atoms with Gasteiger partial charge in [0.25, 0.3) is 0 Å². The maximum atomic E-state index is 11.6. The van der Waals surface area contributed by atoms with Crippen LogP contribution in [0.4, 0.5) is 0 Å². The van der Waals surface area contributed by atoms with Crippen molar-refractivity contribution in [3.63, 3.8) is 0 Å². The van der Waals surface area contributed by atoms with E-state index in [9.17, 15) is 4.79 Å². The van der Waals surface area contributed by atoms with Gasteiger partial charge in [-0.1, -0.05) is 13.8 Å². The van der Waals surface area contributed by atoms with Crippen LogP contribution >= 0.6 is 0 Å². The lowest BCUT2D eigenvalue weighted by Gasteiger charge is -2.10. The summed E-state index contributed by atoms with van der Waals surface area (Å²) in [6.45, 7) is 7.93. The van der Waals surface area contributed by atoms with Crippen molar-refractivity contribution >= 4 is 5.97 Å². The number of carbonyl (C=O) groups excluding carboxylic acids is 1. The van der Waals surface area contributed by atoms with Crippen LogP contribution in [0.25, 0.3) is 0 Å². The molecule has 0 aliphatic carbocycles. The highest BCUT2D eigenvalue weighted by atomic mass is 16.5. The van der Waals surface area contributed by atoms with Crippen LogP contribution < -0.4 is 0 Å². The molecule has 4 heteroatoms. The maximum absolute atomic E-state index is 11.6. The van der Waals surface area contributed by atoms with Crippen molar-refractivity contribution in [1.29, 1.82) is 0 Å². The first-order valence-corrected chi connectivity index (χ1v) is 5.07. The minimum atomic E-state index is -0.346. The number of rotatable bonds is 3. The molecule has 0 spiro atoms. The van der Waals surface area contributed by atoms with E-state index < -0.39 is 0 Å². The van der Waals surface area contributed by atoms with Gasteiger partial charge in [-0.3, -0.25) is 0 Å². The summed E-state index contributed by atoms with van der Waals surface area (Å²) in [6, 6.07) is 0. The summed E-state index contributed by atoms with van der Waals surface area (Å²) in [5, 5.41) is 0. The van der Waals surface area contributed by atoms with Gasteiger partial charge in [0.2, 0.25) is 0 Å². The lowest BCUT2D eigenvalue weighted by molar-refractivity contribution is 0.0523. The molecule has 0 aromatic carbocycles. The van der Waals surface area contributed by atoms with E-state index in [0.717, 1.165) is 5.69 Å². The molecule has 1 rings (SSSR count). The number of esters is 1. The molecular formula is C11H16N2O2. The second-order valence-corrected chi connectivity index (χ2v) is 3.59. The van der Waals surface area contributed by atoms with E-state index in [1.807, 2.05) is 13.8 Å². The van der Waals surface area contributed by atoms with Crippen LogP contribution in [0.2, 0.25) is 0 Å². The molecule has 0 radical (unpaired) electrons. The third-order valence-electron chi connectivity index (χ3n) is 1.98. The number of hydrogen-bond donors (Lipinski definition) is 0. The van der Waals surface area contributed by atoms with Crippen molar-refractivity contribution < 1.29 is 9.53 Å². The average molecular weight is 208 g/mol. The average Bonchev–Trinajstić information content (AvgIpc) is 2.17. The Morgan fingerprint density at radius 1 is 1.53 bits per heavy atom. The predicted octanol–water partition coefficient (Wildman–Crippen LogP) is 2.09. The highest BCUT2D eigenvalue weighted by Gasteiger charge is 2.16. The third-order valence-corrected chi connectivity index (χ3v) is 1.98. The van der Waals surface area contributed by atoms with E-state index in [1.165, 1.54) is 6.20 Å². The highest BCUT2D eigenvalue weighted by molar-refractivity contribution is 5.90. The minimum absolute atomic E-state index is 0.186. The van der Waals surface area contributed by atoms with Crippen LogP contribution in [-0.2, 0) is 4.74 Å². The first-order valence-electron chi connectivity index (χ1n) is 5.07. The zero-order chi connectivity index (χ0) is 11.4. The molecule has 0 unspecified atom stereocenters. The van der Waals surface area contributed by atoms with Gasteiger partial charge in [0.15, 0.2) is 0 Å². The zero-order valence-electron chi connectivity index (χ0n) is 9.57. The van der Waals surface area contributed by atoms with Gasteiger partial charge in [-0.05, 0) is 19.8 Å². The summed E-state index contributed by atoms with van der Waals surface area (Å²) in [6.07, 6.45) is 1.54. The number of carbonyl (C=O) groups is 1. The second kappa shape index (κ2) is 4.87. The Hall–Kier alpha value is -1.45. The van der Waals surface area contributed by atoms with Gasteiger partial charge in [0.1, 0.15) is 5.82 Å². The molecule has 1 aromatic rings. The van der Waals surface area contributed by atoms with Crippen molar-refractivity contribution in [3.8, 4) is 0 Å². The largest absolute Gasteiger partial charge is 0.462 e. The molecule has 0 N–H and O–H groups in total. The quantitative estimate of drug-likeness (QED) is 0.714. The van der Waals surface area contributed by atoms with Crippen LogP contribution in [0, 0.1) is 6.92 Å². The molecular weight excluding hydrogens is 192 g/mol. The Kier molecular flexibility index (Phi) is 3.77. The molecule has 0 bridgehead atoms. The number of aryl methyl sites for hydroxylation is 1. The number of aromatic nitrogens is 2. The first-order chi connectivity index (χ1) is 7.06. The van der Waals surface area contributed by atoms with Crippen molar-refractivity contribution in [2.24, 2.45) is 0 Å². The summed E-state index contributed by atoms with van der Waals surface area (Å²) in [4.78, 5) is 19.9. The monoisotopic (exact) mass is 208 g/mol. The van der Waals surface area contributed by atoms with Gasteiger partial charge in [-0.25, -0.2) is 14.8 Å². The summed E-state index contributed by atoms with van der Waals surface area (Å²) in [7, 11) is 0. The predicted molar refractivity (Wildman–Crippen MR) is 56.8 cm³/mol. The van der Waals surface area contributed by atoms with Gasteiger partial charge in [0, 0.05) is 6.20 Å².